The van der Waals surface area contributed by atoms with Crippen LogP contribution in [0.15, 0.2) is 27.1 Å². The number of ether oxygens (including phenoxy) is 1. The second kappa shape index (κ2) is 8.23. The number of furan rings is 1. The molecular formula is C20H17BrN2O7. The van der Waals surface area contributed by atoms with E-state index >= 15 is 0 Å². The van der Waals surface area contributed by atoms with E-state index in [0.717, 1.165) is 4.90 Å². The Kier molecular flexibility index (Phi) is 5.88. The van der Waals surface area contributed by atoms with Gasteiger partial charge in [0, 0.05) is 4.47 Å². The number of nitrogens with one attached hydrogen (secondary N) is 1. The molecule has 0 spiro atoms. The molecule has 0 bridgehead atoms. The molecule has 0 radical (unpaired) electrons. The number of nitrogens with zero attached hydrogens (tertiary/aromatic N) is 1. The summed E-state index contributed by atoms with van der Waals surface area (Å²) in [6, 6.07) is 4.61. The SMILES string of the molecule is CCOC(=O)c1c(NC(=O)CN2C(=O)c3ccc(Br)cc3C2=O)oc(C)c1C(C)=O. The van der Waals surface area contributed by atoms with Crippen LogP contribution in [0.25, 0.3) is 0 Å². The summed E-state index contributed by atoms with van der Waals surface area (Å²) in [5.41, 5.74) is 0.161. The lowest BCUT2D eigenvalue weighted by atomic mass is 10.1. The molecule has 1 aromatic carbocycles. The van der Waals surface area contributed by atoms with Gasteiger partial charge in [0.2, 0.25) is 11.8 Å². The lowest BCUT2D eigenvalue weighted by molar-refractivity contribution is -0.116. The topological polar surface area (TPSA) is 123 Å². The summed E-state index contributed by atoms with van der Waals surface area (Å²) >= 11 is 3.24. The number of imide groups is 1. The predicted molar refractivity (Wildman–Crippen MR) is 108 cm³/mol. The van der Waals surface area contributed by atoms with Gasteiger partial charge < -0.3 is 9.15 Å². The molecular weight excluding hydrogens is 460 g/mol. The van der Waals surface area contributed by atoms with Crippen LogP contribution in [0, 0.1) is 6.92 Å². The maximum atomic E-state index is 12.5. The predicted octanol–water partition coefficient (Wildman–Crippen LogP) is 2.96. The minimum atomic E-state index is -0.833. The lowest BCUT2D eigenvalue weighted by Crippen LogP contribution is -2.37. The summed E-state index contributed by atoms with van der Waals surface area (Å²) in [4.78, 5) is 62.6. The molecule has 0 aliphatic carbocycles. The third kappa shape index (κ3) is 3.78. The third-order valence-electron chi connectivity index (χ3n) is 4.40. The minimum absolute atomic E-state index is 0.00525. The first kappa shape index (κ1) is 21.4. The van der Waals surface area contributed by atoms with Crippen LogP contribution in [-0.4, -0.2) is 47.5 Å². The van der Waals surface area contributed by atoms with E-state index in [-0.39, 0.29) is 40.5 Å². The van der Waals surface area contributed by atoms with E-state index in [1.807, 2.05) is 0 Å². The number of ketones is 1. The number of esters is 1. The molecule has 2 heterocycles. The highest BCUT2D eigenvalue weighted by Gasteiger charge is 2.37. The van der Waals surface area contributed by atoms with Crippen LogP contribution in [0.4, 0.5) is 5.88 Å². The second-order valence-electron chi connectivity index (χ2n) is 6.45. The molecule has 0 atom stereocenters. The molecule has 0 saturated carbocycles. The van der Waals surface area contributed by atoms with Crippen LogP contribution in [-0.2, 0) is 9.53 Å². The molecule has 1 aliphatic heterocycles. The van der Waals surface area contributed by atoms with Crippen LogP contribution in [0.2, 0.25) is 0 Å². The molecule has 1 aromatic heterocycles. The van der Waals surface area contributed by atoms with Crippen molar-refractivity contribution in [1.82, 2.24) is 4.90 Å². The first-order chi connectivity index (χ1) is 14.1. The number of carbonyl (C=O) groups is 5. The quantitative estimate of drug-likeness (QED) is 0.386. The van der Waals surface area contributed by atoms with Gasteiger partial charge >= 0.3 is 5.97 Å². The number of hydrogen-bond donors (Lipinski definition) is 1. The minimum Gasteiger partial charge on any atom is -0.462 e. The molecule has 10 heteroatoms. The number of carbonyl (C=O) groups excluding carboxylic acids is 5. The summed E-state index contributed by atoms with van der Waals surface area (Å²) in [5.74, 6) is -3.42. The van der Waals surface area contributed by atoms with Gasteiger partial charge in [0.15, 0.2) is 5.78 Å². The molecule has 156 valence electrons. The Morgan fingerprint density at radius 3 is 2.43 bits per heavy atom. The highest BCUT2D eigenvalue weighted by molar-refractivity contribution is 9.10. The average Bonchev–Trinajstić information content (AvgIpc) is 3.11. The molecule has 9 nitrogen and oxygen atoms in total. The first-order valence-electron chi connectivity index (χ1n) is 8.92. The Balaban J connectivity index is 1.85. The van der Waals surface area contributed by atoms with E-state index in [1.165, 1.54) is 26.0 Å². The van der Waals surface area contributed by atoms with Crippen LogP contribution >= 0.6 is 15.9 Å². The number of fused-ring (bicyclic) bond motifs is 1. The van der Waals surface area contributed by atoms with Gasteiger partial charge in [-0.3, -0.25) is 29.4 Å². The maximum absolute atomic E-state index is 12.5. The maximum Gasteiger partial charge on any atom is 0.344 e. The Morgan fingerprint density at radius 2 is 1.80 bits per heavy atom. The van der Waals surface area contributed by atoms with Crippen LogP contribution in [0.1, 0.15) is 61.0 Å². The summed E-state index contributed by atoms with van der Waals surface area (Å²) in [7, 11) is 0. The zero-order valence-electron chi connectivity index (χ0n) is 16.3. The molecule has 3 amide bonds. The zero-order valence-corrected chi connectivity index (χ0v) is 17.9. The zero-order chi connectivity index (χ0) is 22.2. The van der Waals surface area contributed by atoms with Gasteiger partial charge in [-0.25, -0.2) is 4.79 Å². The average molecular weight is 477 g/mol. The number of Topliss-reactive ketones (excluding diaryl/α,β-unsaturated/α-hetero) is 1. The highest BCUT2D eigenvalue weighted by Crippen LogP contribution is 2.29. The Hall–Kier alpha value is -3.27. The van der Waals surface area contributed by atoms with Gasteiger partial charge in [0.05, 0.1) is 23.3 Å². The Bertz CT molecular complexity index is 1100. The van der Waals surface area contributed by atoms with Gasteiger partial charge in [0.25, 0.3) is 11.8 Å². The first-order valence-corrected chi connectivity index (χ1v) is 9.72. The summed E-state index contributed by atoms with van der Waals surface area (Å²) in [6.07, 6.45) is 0. The summed E-state index contributed by atoms with van der Waals surface area (Å²) in [5, 5.41) is 2.36. The van der Waals surface area contributed by atoms with Crippen molar-refractivity contribution in [3.8, 4) is 0 Å². The number of aryl methyl sites for hydroxylation is 1. The van der Waals surface area contributed by atoms with Crippen molar-refractivity contribution in [2.24, 2.45) is 0 Å². The molecule has 3 rings (SSSR count). The number of amides is 3. The second-order valence-corrected chi connectivity index (χ2v) is 7.36. The van der Waals surface area contributed by atoms with Crippen molar-refractivity contribution in [2.45, 2.75) is 20.8 Å². The number of rotatable bonds is 6. The smallest absolute Gasteiger partial charge is 0.344 e. The molecule has 0 unspecified atom stereocenters. The molecule has 0 saturated heterocycles. The van der Waals surface area contributed by atoms with E-state index in [1.54, 1.807) is 13.0 Å². The third-order valence-corrected chi connectivity index (χ3v) is 4.90. The fraction of sp³-hybridized carbons (Fsp3) is 0.250. The van der Waals surface area contributed by atoms with E-state index in [2.05, 4.69) is 21.2 Å². The van der Waals surface area contributed by atoms with Gasteiger partial charge in [0.1, 0.15) is 17.9 Å². The van der Waals surface area contributed by atoms with E-state index in [9.17, 15) is 24.0 Å². The molecule has 30 heavy (non-hydrogen) atoms. The standard InChI is InChI=1S/C20H17BrN2O7/c1-4-29-20(28)16-15(9(2)24)10(3)30-17(16)22-14(25)8-23-18(26)12-6-5-11(21)7-13(12)19(23)27/h5-7H,4,8H2,1-3H3,(H,22,25). The molecule has 1 N–H and O–H groups in total. The Morgan fingerprint density at radius 1 is 1.13 bits per heavy atom. The van der Waals surface area contributed by atoms with Crippen molar-refractivity contribution in [1.29, 1.82) is 0 Å². The largest absolute Gasteiger partial charge is 0.462 e. The van der Waals surface area contributed by atoms with Crippen molar-refractivity contribution in [3.63, 3.8) is 0 Å². The van der Waals surface area contributed by atoms with E-state index < -0.39 is 36.0 Å². The molecule has 2 aromatic rings. The summed E-state index contributed by atoms with van der Waals surface area (Å²) in [6.45, 7) is 3.77. The van der Waals surface area contributed by atoms with Crippen LogP contribution in [0.5, 0.6) is 0 Å². The van der Waals surface area contributed by atoms with E-state index in [4.69, 9.17) is 9.15 Å². The van der Waals surface area contributed by atoms with Crippen molar-refractivity contribution in [2.75, 3.05) is 18.5 Å². The normalized spacial score (nSPS) is 12.7. The van der Waals surface area contributed by atoms with E-state index in [0.29, 0.717) is 4.47 Å². The fourth-order valence-corrected chi connectivity index (χ4v) is 3.53. The van der Waals surface area contributed by atoms with Gasteiger partial charge in [-0.1, -0.05) is 15.9 Å². The number of halogens is 1. The Labute approximate surface area is 179 Å². The number of hydrogen-bond acceptors (Lipinski definition) is 7. The fourth-order valence-electron chi connectivity index (χ4n) is 3.17. The van der Waals surface area contributed by atoms with Crippen molar-refractivity contribution >= 4 is 51.3 Å². The van der Waals surface area contributed by atoms with Gasteiger partial charge in [-0.15, -0.1) is 0 Å². The molecule has 1 aliphatic rings. The monoisotopic (exact) mass is 476 g/mol. The van der Waals surface area contributed by atoms with Crippen LogP contribution < -0.4 is 5.32 Å². The summed E-state index contributed by atoms with van der Waals surface area (Å²) < 4.78 is 11.0. The van der Waals surface area contributed by atoms with Crippen LogP contribution in [0.3, 0.4) is 0 Å². The number of anilines is 1. The van der Waals surface area contributed by atoms with Crippen molar-refractivity contribution < 1.29 is 33.1 Å². The highest BCUT2D eigenvalue weighted by atomic mass is 79.9. The van der Waals surface area contributed by atoms with Gasteiger partial charge in [-0.05, 0) is 39.0 Å². The number of benzene rings is 1. The molecule has 0 fully saturated rings. The van der Waals surface area contributed by atoms with Gasteiger partial charge in [-0.2, -0.15) is 0 Å². The lowest BCUT2D eigenvalue weighted by Gasteiger charge is -2.13. The van der Waals surface area contributed by atoms with Crippen molar-refractivity contribution in [3.05, 3.63) is 50.7 Å².